The summed E-state index contributed by atoms with van der Waals surface area (Å²) in [6.07, 6.45) is 0. The molecule has 1 amide bonds. The average molecular weight is 366 g/mol. The summed E-state index contributed by atoms with van der Waals surface area (Å²) < 4.78 is 44.7. The molecule has 0 aliphatic heterocycles. The summed E-state index contributed by atoms with van der Waals surface area (Å²) in [5.74, 6) is -0.652. The van der Waals surface area contributed by atoms with Gasteiger partial charge in [0.25, 0.3) is 5.91 Å². The Morgan fingerprint density at radius 1 is 1.16 bits per heavy atom. The van der Waals surface area contributed by atoms with Gasteiger partial charge in [0.15, 0.2) is 6.61 Å². The van der Waals surface area contributed by atoms with Crippen molar-refractivity contribution in [2.24, 2.45) is 0 Å². The van der Waals surface area contributed by atoms with Crippen LogP contribution in [0, 0.1) is 5.82 Å². The molecular formula is C17H19FN2O4S. The molecule has 0 bridgehead atoms. The van der Waals surface area contributed by atoms with Crippen LogP contribution in [0.25, 0.3) is 0 Å². The third-order valence-electron chi connectivity index (χ3n) is 3.01. The molecule has 0 fully saturated rings. The summed E-state index contributed by atoms with van der Waals surface area (Å²) in [5, 5.41) is 2.57. The van der Waals surface area contributed by atoms with Gasteiger partial charge in [0, 0.05) is 17.8 Å². The highest BCUT2D eigenvalue weighted by Gasteiger charge is 2.15. The Morgan fingerprint density at radius 3 is 2.44 bits per heavy atom. The molecule has 0 aliphatic carbocycles. The third kappa shape index (κ3) is 5.84. The Kier molecular flexibility index (Phi) is 6.11. The van der Waals surface area contributed by atoms with Gasteiger partial charge in [-0.2, -0.15) is 0 Å². The van der Waals surface area contributed by atoms with Crippen LogP contribution in [0.1, 0.15) is 13.8 Å². The summed E-state index contributed by atoms with van der Waals surface area (Å²) >= 11 is 0. The summed E-state index contributed by atoms with van der Waals surface area (Å²) in [6, 6.07) is 11.0. The molecule has 134 valence electrons. The Hall–Kier alpha value is -2.45. The minimum Gasteiger partial charge on any atom is -0.484 e. The molecule has 0 heterocycles. The van der Waals surface area contributed by atoms with Gasteiger partial charge in [-0.05, 0) is 50.2 Å². The minimum atomic E-state index is -3.58. The predicted octanol–water partition coefficient (Wildman–Crippen LogP) is 2.53. The van der Waals surface area contributed by atoms with E-state index in [4.69, 9.17) is 4.74 Å². The molecule has 0 aromatic heterocycles. The summed E-state index contributed by atoms with van der Waals surface area (Å²) in [5.41, 5.74) is 0.427. The number of nitrogens with one attached hydrogen (secondary N) is 2. The number of anilines is 1. The number of rotatable bonds is 7. The second kappa shape index (κ2) is 8.09. The molecule has 8 heteroatoms. The van der Waals surface area contributed by atoms with Gasteiger partial charge in [0.2, 0.25) is 10.0 Å². The van der Waals surface area contributed by atoms with Crippen molar-refractivity contribution in [3.63, 3.8) is 0 Å². The first-order valence-electron chi connectivity index (χ1n) is 7.57. The van der Waals surface area contributed by atoms with Crippen molar-refractivity contribution in [3.8, 4) is 5.75 Å². The number of ether oxygens (including phenoxy) is 1. The molecule has 0 unspecified atom stereocenters. The highest BCUT2D eigenvalue weighted by atomic mass is 32.2. The molecule has 0 radical (unpaired) electrons. The highest BCUT2D eigenvalue weighted by molar-refractivity contribution is 7.89. The van der Waals surface area contributed by atoms with Crippen LogP contribution in [0.3, 0.4) is 0 Å². The zero-order valence-electron chi connectivity index (χ0n) is 13.8. The van der Waals surface area contributed by atoms with Crippen molar-refractivity contribution in [3.05, 3.63) is 54.3 Å². The van der Waals surface area contributed by atoms with Crippen LogP contribution < -0.4 is 14.8 Å². The first-order chi connectivity index (χ1) is 11.8. The fraction of sp³-hybridized carbons (Fsp3) is 0.235. The SMILES string of the molecule is CC(C)NS(=O)(=O)c1ccc(NC(=O)COc2cccc(F)c2)cc1. The lowest BCUT2D eigenvalue weighted by Crippen LogP contribution is -2.30. The van der Waals surface area contributed by atoms with Crippen LogP contribution in [0.15, 0.2) is 53.4 Å². The van der Waals surface area contributed by atoms with E-state index >= 15 is 0 Å². The van der Waals surface area contributed by atoms with Crippen molar-refractivity contribution < 1.29 is 22.3 Å². The van der Waals surface area contributed by atoms with E-state index in [1.807, 2.05) is 0 Å². The number of halogens is 1. The molecule has 2 N–H and O–H groups in total. The molecule has 25 heavy (non-hydrogen) atoms. The maximum atomic E-state index is 13.0. The van der Waals surface area contributed by atoms with Crippen molar-refractivity contribution >= 4 is 21.6 Å². The van der Waals surface area contributed by atoms with Gasteiger partial charge < -0.3 is 10.1 Å². The minimum absolute atomic E-state index is 0.107. The van der Waals surface area contributed by atoms with Gasteiger partial charge in [-0.25, -0.2) is 17.5 Å². The second-order valence-corrected chi connectivity index (χ2v) is 7.31. The zero-order chi connectivity index (χ0) is 18.4. The molecule has 2 aromatic carbocycles. The first kappa shape index (κ1) is 18.9. The van der Waals surface area contributed by atoms with Crippen molar-refractivity contribution in [1.29, 1.82) is 0 Å². The van der Waals surface area contributed by atoms with E-state index in [1.165, 1.54) is 48.5 Å². The topological polar surface area (TPSA) is 84.5 Å². The maximum absolute atomic E-state index is 13.0. The normalized spacial score (nSPS) is 11.4. The highest BCUT2D eigenvalue weighted by Crippen LogP contribution is 2.15. The van der Waals surface area contributed by atoms with Crippen molar-refractivity contribution in [2.75, 3.05) is 11.9 Å². The van der Waals surface area contributed by atoms with E-state index < -0.39 is 21.7 Å². The molecule has 0 saturated carbocycles. The Morgan fingerprint density at radius 2 is 1.84 bits per heavy atom. The Bertz CT molecular complexity index is 836. The fourth-order valence-corrected chi connectivity index (χ4v) is 3.25. The number of carbonyl (C=O) groups excluding carboxylic acids is 1. The van der Waals surface area contributed by atoms with Gasteiger partial charge >= 0.3 is 0 Å². The third-order valence-corrected chi connectivity index (χ3v) is 4.68. The average Bonchev–Trinajstić information content (AvgIpc) is 2.52. The summed E-state index contributed by atoms with van der Waals surface area (Å²) in [7, 11) is -3.58. The van der Waals surface area contributed by atoms with E-state index in [9.17, 15) is 17.6 Å². The van der Waals surface area contributed by atoms with E-state index in [0.717, 1.165) is 0 Å². The summed E-state index contributed by atoms with van der Waals surface area (Å²) in [4.78, 5) is 11.9. The monoisotopic (exact) mass is 366 g/mol. The maximum Gasteiger partial charge on any atom is 0.262 e. The second-order valence-electron chi connectivity index (χ2n) is 5.59. The first-order valence-corrected chi connectivity index (χ1v) is 9.05. The number of hydrogen-bond donors (Lipinski definition) is 2. The smallest absolute Gasteiger partial charge is 0.262 e. The number of benzene rings is 2. The number of sulfonamides is 1. The molecule has 2 aromatic rings. The van der Waals surface area contributed by atoms with Crippen LogP contribution in [0.4, 0.5) is 10.1 Å². The Labute approximate surface area is 146 Å². The van der Waals surface area contributed by atoms with E-state index in [1.54, 1.807) is 13.8 Å². The van der Waals surface area contributed by atoms with E-state index in [-0.39, 0.29) is 23.3 Å². The van der Waals surface area contributed by atoms with Gasteiger partial charge in [0.1, 0.15) is 11.6 Å². The van der Waals surface area contributed by atoms with Crippen LogP contribution >= 0.6 is 0 Å². The van der Waals surface area contributed by atoms with Gasteiger partial charge in [-0.15, -0.1) is 0 Å². The van der Waals surface area contributed by atoms with Crippen molar-refractivity contribution in [2.45, 2.75) is 24.8 Å². The quantitative estimate of drug-likeness (QED) is 0.789. The van der Waals surface area contributed by atoms with Crippen molar-refractivity contribution in [1.82, 2.24) is 4.72 Å². The number of hydrogen-bond acceptors (Lipinski definition) is 4. The van der Waals surface area contributed by atoms with Crippen LogP contribution in [-0.2, 0) is 14.8 Å². The number of carbonyl (C=O) groups is 1. The predicted molar refractivity (Wildman–Crippen MR) is 92.4 cm³/mol. The molecule has 0 saturated heterocycles. The zero-order valence-corrected chi connectivity index (χ0v) is 14.6. The molecule has 0 aliphatic rings. The van der Waals surface area contributed by atoms with Gasteiger partial charge in [0.05, 0.1) is 4.90 Å². The summed E-state index contributed by atoms with van der Waals surface area (Å²) in [6.45, 7) is 3.16. The van der Waals surface area contributed by atoms with E-state index in [2.05, 4.69) is 10.0 Å². The molecule has 6 nitrogen and oxygen atoms in total. The van der Waals surface area contributed by atoms with Crippen LogP contribution in [-0.4, -0.2) is 27.0 Å². The van der Waals surface area contributed by atoms with Gasteiger partial charge in [-0.3, -0.25) is 4.79 Å². The lowest BCUT2D eigenvalue weighted by Gasteiger charge is -2.11. The largest absolute Gasteiger partial charge is 0.484 e. The molecule has 0 spiro atoms. The van der Waals surface area contributed by atoms with Gasteiger partial charge in [-0.1, -0.05) is 6.07 Å². The Balaban J connectivity index is 1.93. The molecule has 0 atom stereocenters. The van der Waals surface area contributed by atoms with E-state index in [0.29, 0.717) is 5.69 Å². The molecular weight excluding hydrogens is 347 g/mol. The fourth-order valence-electron chi connectivity index (χ4n) is 2.00. The van der Waals surface area contributed by atoms with Crippen LogP contribution in [0.5, 0.6) is 5.75 Å². The standard InChI is InChI=1S/C17H19FN2O4S/c1-12(2)20-25(22,23)16-8-6-14(7-9-16)19-17(21)11-24-15-5-3-4-13(18)10-15/h3-10,12,20H,11H2,1-2H3,(H,19,21). The van der Waals surface area contributed by atoms with Crippen LogP contribution in [0.2, 0.25) is 0 Å². The lowest BCUT2D eigenvalue weighted by molar-refractivity contribution is -0.118. The number of amides is 1. The molecule has 2 rings (SSSR count). The lowest BCUT2D eigenvalue weighted by atomic mass is 10.3.